The van der Waals surface area contributed by atoms with Crippen LogP contribution in [0.2, 0.25) is 0 Å². The molecule has 13 heteroatoms. The normalized spacial score (nSPS) is 17.6. The van der Waals surface area contributed by atoms with Gasteiger partial charge in [-0.2, -0.15) is 0 Å². The minimum atomic E-state index is -3.99. The monoisotopic (exact) mass is 603 g/mol. The summed E-state index contributed by atoms with van der Waals surface area (Å²) >= 11 is 1.42. The van der Waals surface area contributed by atoms with Crippen LogP contribution in [0.3, 0.4) is 0 Å². The van der Waals surface area contributed by atoms with Crippen molar-refractivity contribution >= 4 is 39.2 Å². The Labute approximate surface area is 242 Å². The number of nitrogens with one attached hydrogen (secondary N) is 4. The van der Waals surface area contributed by atoms with Crippen molar-refractivity contribution in [3.8, 4) is 10.4 Å². The van der Waals surface area contributed by atoms with Crippen molar-refractivity contribution in [2.24, 2.45) is 0 Å². The molecule has 5 N–H and O–H groups in total. The van der Waals surface area contributed by atoms with Gasteiger partial charge in [-0.3, -0.25) is 0 Å². The smallest absolute Gasteiger partial charge is 0.404 e. The summed E-state index contributed by atoms with van der Waals surface area (Å²) < 4.78 is 42.8. The molecule has 2 aromatic carbocycles. The maximum Gasteiger partial charge on any atom is 0.404 e. The molecule has 1 aliphatic rings. The van der Waals surface area contributed by atoms with Gasteiger partial charge in [-0.15, -0.1) is 11.3 Å². The van der Waals surface area contributed by atoms with Crippen LogP contribution in [-0.2, 0) is 16.6 Å². The molecule has 0 radical (unpaired) electrons. The number of halogens is 1. The molecule has 10 nitrogen and oxygen atoms in total. The number of sulfonamides is 1. The molecule has 0 saturated heterocycles. The Balaban J connectivity index is 1.55. The number of amides is 3. The zero-order chi connectivity index (χ0) is 29.8. The van der Waals surface area contributed by atoms with Gasteiger partial charge in [-0.05, 0) is 76.3 Å². The van der Waals surface area contributed by atoms with Gasteiger partial charge in [0.15, 0.2) is 0 Å². The summed E-state index contributed by atoms with van der Waals surface area (Å²) in [6.07, 6.45) is 3.63. The van der Waals surface area contributed by atoms with E-state index in [0.717, 1.165) is 17.8 Å². The van der Waals surface area contributed by atoms with E-state index in [1.54, 1.807) is 51.2 Å². The molecule has 1 saturated carbocycles. The Hall–Kier alpha value is -3.55. The summed E-state index contributed by atoms with van der Waals surface area (Å²) in [7, 11) is -3.99. The van der Waals surface area contributed by atoms with Crippen molar-refractivity contribution in [3.63, 3.8) is 0 Å². The minimum absolute atomic E-state index is 0.00771. The first kappa shape index (κ1) is 30.4. The number of hydrogen-bond acceptors (Lipinski definition) is 6. The molecule has 3 aromatic rings. The number of carboxylic acid groups (broad SMARTS) is 1. The predicted molar refractivity (Wildman–Crippen MR) is 156 cm³/mol. The number of benzene rings is 2. The number of hydrogen-bond donors (Lipinski definition) is 5. The maximum absolute atomic E-state index is 13.5. The first-order valence-corrected chi connectivity index (χ1v) is 15.5. The highest BCUT2D eigenvalue weighted by Crippen LogP contribution is 2.40. The van der Waals surface area contributed by atoms with Gasteiger partial charge >= 0.3 is 12.1 Å². The molecule has 41 heavy (non-hydrogen) atoms. The van der Waals surface area contributed by atoms with E-state index in [9.17, 15) is 22.4 Å². The molecule has 1 fully saturated rings. The highest BCUT2D eigenvalue weighted by atomic mass is 32.2. The van der Waals surface area contributed by atoms with Crippen molar-refractivity contribution in [2.45, 2.75) is 75.4 Å². The molecule has 3 amide bonds. The fourth-order valence-electron chi connectivity index (χ4n) is 4.70. The fourth-order valence-corrected chi connectivity index (χ4v) is 7.56. The quantitative estimate of drug-likeness (QED) is 0.225. The number of nitrogens with zero attached hydrogens (tertiary/aromatic N) is 1. The highest BCUT2D eigenvalue weighted by molar-refractivity contribution is 7.89. The molecule has 0 spiro atoms. The maximum atomic E-state index is 13.5. The summed E-state index contributed by atoms with van der Waals surface area (Å²) in [4.78, 5) is 28.8. The average molecular weight is 604 g/mol. The second-order valence-electron chi connectivity index (χ2n) is 11.1. The van der Waals surface area contributed by atoms with Crippen molar-refractivity contribution in [1.82, 2.24) is 20.3 Å². The van der Waals surface area contributed by atoms with E-state index in [0.29, 0.717) is 28.8 Å². The Kier molecular flexibility index (Phi) is 9.30. The number of aromatic nitrogens is 1. The van der Waals surface area contributed by atoms with E-state index < -0.39 is 27.7 Å². The highest BCUT2D eigenvalue weighted by Gasteiger charge is 2.29. The molecular formula is C28H34FN5O5S2. The fraction of sp³-hybridized carbons (Fsp3) is 0.393. The average Bonchev–Trinajstić information content (AvgIpc) is 3.37. The second kappa shape index (κ2) is 12.5. The minimum Gasteiger partial charge on any atom is -0.465 e. The van der Waals surface area contributed by atoms with Crippen LogP contribution >= 0.6 is 11.3 Å². The molecule has 1 heterocycles. The lowest BCUT2D eigenvalue weighted by Gasteiger charge is -2.27. The second-order valence-corrected chi connectivity index (χ2v) is 13.8. The van der Waals surface area contributed by atoms with E-state index in [4.69, 9.17) is 5.11 Å². The van der Waals surface area contributed by atoms with Gasteiger partial charge in [0.1, 0.15) is 5.82 Å². The van der Waals surface area contributed by atoms with Crippen molar-refractivity contribution in [2.75, 3.05) is 5.32 Å². The number of anilines is 1. The van der Waals surface area contributed by atoms with Crippen molar-refractivity contribution in [1.29, 1.82) is 0 Å². The van der Waals surface area contributed by atoms with Crippen LogP contribution in [0.4, 0.5) is 19.7 Å². The van der Waals surface area contributed by atoms with Crippen LogP contribution in [0, 0.1) is 5.82 Å². The topological polar surface area (TPSA) is 150 Å². The van der Waals surface area contributed by atoms with E-state index in [1.807, 2.05) is 0 Å². The third kappa shape index (κ3) is 8.47. The Morgan fingerprint density at radius 2 is 1.76 bits per heavy atom. The van der Waals surface area contributed by atoms with Gasteiger partial charge in [0.2, 0.25) is 10.0 Å². The van der Waals surface area contributed by atoms with Crippen LogP contribution < -0.4 is 20.7 Å². The lowest BCUT2D eigenvalue weighted by atomic mass is 9.86. The van der Waals surface area contributed by atoms with Crippen LogP contribution in [-0.4, -0.2) is 42.2 Å². The molecule has 0 aliphatic heterocycles. The number of urea groups is 1. The van der Waals surface area contributed by atoms with E-state index in [-0.39, 0.29) is 34.9 Å². The van der Waals surface area contributed by atoms with Crippen molar-refractivity contribution in [3.05, 3.63) is 65.0 Å². The van der Waals surface area contributed by atoms with Gasteiger partial charge in [-0.25, -0.2) is 32.1 Å². The van der Waals surface area contributed by atoms with Crippen LogP contribution in [0.5, 0.6) is 0 Å². The van der Waals surface area contributed by atoms with Gasteiger partial charge in [0.05, 0.1) is 14.8 Å². The Morgan fingerprint density at radius 3 is 2.39 bits per heavy atom. The molecule has 4 rings (SSSR count). The number of rotatable bonds is 8. The van der Waals surface area contributed by atoms with E-state index >= 15 is 0 Å². The summed E-state index contributed by atoms with van der Waals surface area (Å²) in [6, 6.07) is 9.83. The molecule has 0 atom stereocenters. The number of carbonyl (C=O) groups excluding carboxylic acids is 1. The largest absolute Gasteiger partial charge is 0.465 e. The Morgan fingerprint density at radius 1 is 1.07 bits per heavy atom. The number of thiazole rings is 1. The lowest BCUT2D eigenvalue weighted by molar-refractivity contribution is 0.185. The molecule has 0 bridgehead atoms. The SMILES string of the molecule is CC(C)(C)NS(=O)(=O)c1cc(NC(=O)NCc2ccc(F)cc2)ccc1-c1cnc([C@H]2CC[C@H](NC(=O)O)CC2)s1. The molecular weight excluding hydrogens is 569 g/mol. The van der Waals surface area contributed by atoms with E-state index in [2.05, 4.69) is 25.7 Å². The third-order valence-electron chi connectivity index (χ3n) is 6.53. The Bertz CT molecular complexity index is 1490. The summed E-state index contributed by atoms with van der Waals surface area (Å²) in [6.45, 7) is 5.40. The number of carbonyl (C=O) groups is 2. The zero-order valence-corrected chi connectivity index (χ0v) is 24.7. The predicted octanol–water partition coefficient (Wildman–Crippen LogP) is 5.64. The first-order chi connectivity index (χ1) is 19.3. The third-order valence-corrected chi connectivity index (χ3v) is 9.52. The molecule has 1 aromatic heterocycles. The van der Waals surface area contributed by atoms with Gasteiger partial charge in [0.25, 0.3) is 0 Å². The van der Waals surface area contributed by atoms with Gasteiger partial charge in [-0.1, -0.05) is 18.2 Å². The van der Waals surface area contributed by atoms with Crippen LogP contribution in [0.15, 0.2) is 53.6 Å². The van der Waals surface area contributed by atoms with Crippen molar-refractivity contribution < 1.29 is 27.5 Å². The summed E-state index contributed by atoms with van der Waals surface area (Å²) in [5, 5.41) is 17.8. The van der Waals surface area contributed by atoms with Crippen LogP contribution in [0.25, 0.3) is 10.4 Å². The van der Waals surface area contributed by atoms with E-state index in [1.165, 1.54) is 29.5 Å². The first-order valence-electron chi connectivity index (χ1n) is 13.2. The lowest BCUT2D eigenvalue weighted by Crippen LogP contribution is -2.40. The molecule has 1 aliphatic carbocycles. The molecule has 0 unspecified atom stereocenters. The molecule has 220 valence electrons. The summed E-state index contributed by atoms with van der Waals surface area (Å²) in [5.41, 5.74) is 0.716. The van der Waals surface area contributed by atoms with Gasteiger partial charge < -0.3 is 21.1 Å². The zero-order valence-electron chi connectivity index (χ0n) is 23.0. The summed E-state index contributed by atoms with van der Waals surface area (Å²) in [5.74, 6) is -0.205. The van der Waals surface area contributed by atoms with Gasteiger partial charge in [0, 0.05) is 41.5 Å². The standard InChI is InChI=1S/C28H34FN5O5S2/c1-28(2,3)34-41(38,39)24-14-21(32-26(35)31-15-17-4-8-19(29)9-5-17)12-13-22(24)23-16-30-25(40-23)18-6-10-20(11-7-18)33-27(36)37/h4-5,8-9,12-14,16,18,20,33-34H,6-7,10-11,15H2,1-3H3,(H,36,37)(H2,31,32,35)/t18-,20-. The van der Waals surface area contributed by atoms with Crippen LogP contribution in [0.1, 0.15) is 62.9 Å².